The van der Waals surface area contributed by atoms with Crippen LogP contribution in [-0.2, 0) is 0 Å². The molecule has 7 heteroatoms. The third-order valence-electron chi connectivity index (χ3n) is 2.71. The molecule has 0 spiro atoms. The number of carbonyl (C=O) groups is 1. The quantitative estimate of drug-likeness (QED) is 0.631. The lowest BCUT2D eigenvalue weighted by Crippen LogP contribution is -2.26. The molecule has 1 aliphatic carbocycles. The summed E-state index contributed by atoms with van der Waals surface area (Å²) >= 11 is 0. The molecule has 0 aromatic heterocycles. The van der Waals surface area contributed by atoms with Gasteiger partial charge >= 0.3 is 0 Å². The van der Waals surface area contributed by atoms with Crippen LogP contribution in [0.3, 0.4) is 0 Å². The zero-order valence-corrected chi connectivity index (χ0v) is 9.70. The van der Waals surface area contributed by atoms with Crippen molar-refractivity contribution in [3.8, 4) is 0 Å². The molecule has 0 radical (unpaired) electrons. The van der Waals surface area contributed by atoms with Gasteiger partial charge in [-0.2, -0.15) is 0 Å². The second kappa shape index (κ2) is 4.59. The highest BCUT2D eigenvalue weighted by atomic mass is 19.1. The van der Waals surface area contributed by atoms with Crippen LogP contribution in [-0.4, -0.2) is 23.9 Å². The zero-order valence-electron chi connectivity index (χ0n) is 9.70. The second-order valence-electron chi connectivity index (χ2n) is 4.10. The summed E-state index contributed by atoms with van der Waals surface area (Å²) in [5, 5.41) is 16.0. The number of benzene rings is 1. The third kappa shape index (κ3) is 2.39. The van der Waals surface area contributed by atoms with E-state index in [0.29, 0.717) is 0 Å². The van der Waals surface area contributed by atoms with E-state index in [-0.39, 0.29) is 17.3 Å². The summed E-state index contributed by atoms with van der Waals surface area (Å²) in [4.78, 5) is 21.9. The van der Waals surface area contributed by atoms with Crippen LogP contribution in [0.2, 0.25) is 0 Å². The van der Waals surface area contributed by atoms with Gasteiger partial charge in [0, 0.05) is 13.1 Å². The molecule has 1 aliphatic rings. The molecule has 1 amide bonds. The van der Waals surface area contributed by atoms with E-state index in [2.05, 4.69) is 10.6 Å². The Balaban J connectivity index is 2.40. The van der Waals surface area contributed by atoms with E-state index in [4.69, 9.17) is 0 Å². The highest BCUT2D eigenvalue weighted by molar-refractivity contribution is 5.99. The number of carbonyl (C=O) groups excluding carboxylic acids is 1. The topological polar surface area (TPSA) is 84.3 Å². The molecule has 0 bridgehead atoms. The van der Waals surface area contributed by atoms with Gasteiger partial charge in [-0.15, -0.1) is 0 Å². The highest BCUT2D eigenvalue weighted by Crippen LogP contribution is 2.27. The molecular weight excluding hydrogens is 241 g/mol. The predicted octanol–water partition coefficient (Wildman–Crippen LogP) is 1.67. The summed E-state index contributed by atoms with van der Waals surface area (Å²) in [5.74, 6) is -1.30. The number of nitrogens with one attached hydrogen (secondary N) is 2. The molecule has 96 valence electrons. The molecule has 2 rings (SSSR count). The van der Waals surface area contributed by atoms with Crippen LogP contribution in [0, 0.1) is 15.9 Å². The van der Waals surface area contributed by atoms with Crippen molar-refractivity contribution in [3.63, 3.8) is 0 Å². The molecule has 1 aromatic carbocycles. The number of hydrogen-bond acceptors (Lipinski definition) is 4. The van der Waals surface area contributed by atoms with Crippen LogP contribution in [0.25, 0.3) is 0 Å². The number of halogens is 1. The molecule has 0 saturated heterocycles. The van der Waals surface area contributed by atoms with Gasteiger partial charge in [-0.25, -0.2) is 4.39 Å². The lowest BCUT2D eigenvalue weighted by atomic mass is 10.1. The SMILES string of the molecule is CNc1cc(C(=O)NC2CC2)c([N+](=O)[O-])cc1F. The van der Waals surface area contributed by atoms with Gasteiger partial charge in [0.05, 0.1) is 16.7 Å². The normalized spacial score (nSPS) is 14.1. The summed E-state index contributed by atoms with van der Waals surface area (Å²) in [6.07, 6.45) is 1.75. The Kier molecular flexibility index (Phi) is 3.14. The van der Waals surface area contributed by atoms with E-state index >= 15 is 0 Å². The first kappa shape index (κ1) is 12.3. The maximum Gasteiger partial charge on any atom is 0.285 e. The molecule has 1 saturated carbocycles. The first-order valence-corrected chi connectivity index (χ1v) is 5.49. The number of nitro benzene ring substituents is 1. The standard InChI is InChI=1S/C11H12FN3O3/c1-13-9-4-7(11(16)14-6-2-3-6)10(15(17)18)5-8(9)12/h4-6,13H,2-3H2,1H3,(H,14,16). The molecule has 0 unspecified atom stereocenters. The molecule has 1 aromatic rings. The van der Waals surface area contributed by atoms with E-state index < -0.39 is 22.3 Å². The molecular formula is C11H12FN3O3. The van der Waals surface area contributed by atoms with Crippen molar-refractivity contribution < 1.29 is 14.1 Å². The van der Waals surface area contributed by atoms with Crippen LogP contribution in [0.15, 0.2) is 12.1 Å². The highest BCUT2D eigenvalue weighted by Gasteiger charge is 2.28. The minimum Gasteiger partial charge on any atom is -0.386 e. The van der Waals surface area contributed by atoms with E-state index in [1.165, 1.54) is 7.05 Å². The molecule has 0 heterocycles. The number of anilines is 1. The Labute approximate surface area is 102 Å². The number of rotatable bonds is 4. The largest absolute Gasteiger partial charge is 0.386 e. The van der Waals surface area contributed by atoms with Crippen LogP contribution in [0.4, 0.5) is 15.8 Å². The maximum atomic E-state index is 13.4. The lowest BCUT2D eigenvalue weighted by molar-refractivity contribution is -0.385. The van der Waals surface area contributed by atoms with Gasteiger partial charge in [0.1, 0.15) is 5.56 Å². The van der Waals surface area contributed by atoms with E-state index in [0.717, 1.165) is 25.0 Å². The van der Waals surface area contributed by atoms with Gasteiger partial charge in [-0.3, -0.25) is 14.9 Å². The van der Waals surface area contributed by atoms with Crippen LogP contribution in [0.5, 0.6) is 0 Å². The van der Waals surface area contributed by atoms with Crippen molar-refractivity contribution in [2.45, 2.75) is 18.9 Å². The predicted molar refractivity (Wildman–Crippen MR) is 63.1 cm³/mol. The Bertz CT molecular complexity index is 515. The van der Waals surface area contributed by atoms with Crippen molar-refractivity contribution in [1.29, 1.82) is 0 Å². The van der Waals surface area contributed by atoms with Crippen LogP contribution < -0.4 is 10.6 Å². The monoisotopic (exact) mass is 253 g/mol. The Morgan fingerprint density at radius 2 is 2.17 bits per heavy atom. The van der Waals surface area contributed by atoms with Crippen LogP contribution in [0.1, 0.15) is 23.2 Å². The summed E-state index contributed by atoms with van der Waals surface area (Å²) < 4.78 is 13.4. The summed E-state index contributed by atoms with van der Waals surface area (Å²) in [7, 11) is 1.48. The van der Waals surface area contributed by atoms with Gasteiger partial charge in [0.2, 0.25) is 0 Å². The first-order chi connectivity index (χ1) is 8.52. The van der Waals surface area contributed by atoms with Gasteiger partial charge in [-0.05, 0) is 18.9 Å². The third-order valence-corrected chi connectivity index (χ3v) is 2.71. The van der Waals surface area contributed by atoms with Gasteiger partial charge < -0.3 is 10.6 Å². The van der Waals surface area contributed by atoms with Crippen LogP contribution >= 0.6 is 0 Å². The summed E-state index contributed by atoms with van der Waals surface area (Å²) in [6.45, 7) is 0. The summed E-state index contributed by atoms with van der Waals surface area (Å²) in [6, 6.07) is 2.00. The number of hydrogen-bond donors (Lipinski definition) is 2. The van der Waals surface area contributed by atoms with E-state index in [1.807, 2.05) is 0 Å². The van der Waals surface area contributed by atoms with Crippen molar-refractivity contribution in [3.05, 3.63) is 33.6 Å². The molecule has 2 N–H and O–H groups in total. The lowest BCUT2D eigenvalue weighted by Gasteiger charge is -2.08. The Morgan fingerprint density at radius 3 is 2.67 bits per heavy atom. The Hall–Kier alpha value is -2.18. The van der Waals surface area contributed by atoms with Gasteiger partial charge in [0.15, 0.2) is 5.82 Å². The smallest absolute Gasteiger partial charge is 0.285 e. The van der Waals surface area contributed by atoms with Crippen molar-refractivity contribution in [2.75, 3.05) is 12.4 Å². The molecule has 1 fully saturated rings. The minimum absolute atomic E-state index is 0.0570. The number of amides is 1. The molecule has 6 nitrogen and oxygen atoms in total. The van der Waals surface area contributed by atoms with E-state index in [9.17, 15) is 19.3 Å². The van der Waals surface area contributed by atoms with E-state index in [1.54, 1.807) is 0 Å². The van der Waals surface area contributed by atoms with Gasteiger partial charge in [-0.1, -0.05) is 0 Å². The summed E-state index contributed by atoms with van der Waals surface area (Å²) in [5.41, 5.74) is -0.594. The van der Waals surface area contributed by atoms with Crippen molar-refractivity contribution in [2.24, 2.45) is 0 Å². The fraction of sp³-hybridized carbons (Fsp3) is 0.364. The van der Waals surface area contributed by atoms with Crippen molar-refractivity contribution >= 4 is 17.3 Å². The minimum atomic E-state index is -0.760. The first-order valence-electron chi connectivity index (χ1n) is 5.49. The maximum absolute atomic E-state index is 13.4. The fourth-order valence-corrected chi connectivity index (χ4v) is 1.58. The number of nitrogens with zero attached hydrogens (tertiary/aromatic N) is 1. The average molecular weight is 253 g/mol. The fourth-order valence-electron chi connectivity index (χ4n) is 1.58. The van der Waals surface area contributed by atoms with Gasteiger partial charge in [0.25, 0.3) is 11.6 Å². The Morgan fingerprint density at radius 1 is 1.50 bits per heavy atom. The van der Waals surface area contributed by atoms with Crippen molar-refractivity contribution in [1.82, 2.24) is 5.32 Å². The number of nitro groups is 1. The zero-order chi connectivity index (χ0) is 13.3. The average Bonchev–Trinajstić information content (AvgIpc) is 3.12. The molecule has 0 aliphatic heterocycles. The molecule has 0 atom stereocenters. The molecule has 18 heavy (non-hydrogen) atoms. The second-order valence-corrected chi connectivity index (χ2v) is 4.10.